The highest BCUT2D eigenvalue weighted by atomic mass is 35.5. The Hall–Kier alpha value is -2.44. The molecule has 1 saturated heterocycles. The van der Waals surface area contributed by atoms with Crippen molar-refractivity contribution >= 4 is 51.9 Å². The number of carbonyl (C=O) groups excluding carboxylic acids is 1. The molecule has 0 spiro atoms. The van der Waals surface area contributed by atoms with Crippen molar-refractivity contribution in [1.82, 2.24) is 4.90 Å². The summed E-state index contributed by atoms with van der Waals surface area (Å²) in [6.07, 6.45) is 1.94. The SMILES string of the molecule is CCN(CC)c1ccc(C=C2SC(N3CCN(c4ccc(C)c(Cl)c4)CC3)=NC2=O)cc1. The summed E-state index contributed by atoms with van der Waals surface area (Å²) in [4.78, 5) is 24.4. The number of carbonyl (C=O) groups is 1. The number of amides is 1. The van der Waals surface area contributed by atoms with Crippen molar-refractivity contribution in [3.63, 3.8) is 0 Å². The lowest BCUT2D eigenvalue weighted by Crippen LogP contribution is -2.47. The number of thioether (sulfide) groups is 1. The Morgan fingerprint density at radius 1 is 1.03 bits per heavy atom. The number of hydrogen-bond acceptors (Lipinski definition) is 5. The van der Waals surface area contributed by atoms with E-state index in [-0.39, 0.29) is 5.91 Å². The van der Waals surface area contributed by atoms with E-state index in [0.717, 1.165) is 66.3 Å². The number of aliphatic imine (C=N–C) groups is 1. The zero-order chi connectivity index (χ0) is 22.7. The Bertz CT molecular complexity index is 1040. The molecule has 1 fully saturated rings. The van der Waals surface area contributed by atoms with Crippen LogP contribution in [-0.4, -0.2) is 55.2 Å². The summed E-state index contributed by atoms with van der Waals surface area (Å²) in [6.45, 7) is 11.7. The Labute approximate surface area is 199 Å². The van der Waals surface area contributed by atoms with E-state index in [1.165, 1.54) is 17.4 Å². The molecule has 0 N–H and O–H groups in total. The Kier molecular flexibility index (Phi) is 7.11. The third-order valence-electron chi connectivity index (χ3n) is 6.00. The highest BCUT2D eigenvalue weighted by Crippen LogP contribution is 2.32. The van der Waals surface area contributed by atoms with E-state index in [2.05, 4.69) is 69.9 Å². The van der Waals surface area contributed by atoms with Crippen LogP contribution in [0.4, 0.5) is 11.4 Å². The van der Waals surface area contributed by atoms with E-state index >= 15 is 0 Å². The first kappa shape index (κ1) is 22.7. The number of anilines is 2. The van der Waals surface area contributed by atoms with Crippen LogP contribution >= 0.6 is 23.4 Å². The summed E-state index contributed by atoms with van der Waals surface area (Å²) in [5.74, 6) is -0.148. The highest BCUT2D eigenvalue weighted by Gasteiger charge is 2.28. The number of aryl methyl sites for hydroxylation is 1. The van der Waals surface area contributed by atoms with Crippen molar-refractivity contribution in [2.24, 2.45) is 4.99 Å². The second-order valence-electron chi connectivity index (χ2n) is 7.98. The predicted molar refractivity (Wildman–Crippen MR) is 138 cm³/mol. The smallest absolute Gasteiger partial charge is 0.286 e. The molecule has 7 heteroatoms. The van der Waals surface area contributed by atoms with E-state index in [1.54, 1.807) is 0 Å². The zero-order valence-corrected chi connectivity index (χ0v) is 20.4. The highest BCUT2D eigenvalue weighted by molar-refractivity contribution is 8.18. The van der Waals surface area contributed by atoms with E-state index in [4.69, 9.17) is 11.6 Å². The molecule has 2 aromatic rings. The normalized spacial score (nSPS) is 17.8. The van der Waals surface area contributed by atoms with Crippen LogP contribution in [0.25, 0.3) is 6.08 Å². The van der Waals surface area contributed by atoms with Crippen molar-refractivity contribution < 1.29 is 4.79 Å². The third-order valence-corrected chi connectivity index (χ3v) is 7.45. The molecule has 4 rings (SSSR count). The van der Waals surface area contributed by atoms with Gasteiger partial charge in [0.05, 0.1) is 4.91 Å². The minimum Gasteiger partial charge on any atom is -0.372 e. The van der Waals surface area contributed by atoms with Gasteiger partial charge in [0.25, 0.3) is 5.91 Å². The van der Waals surface area contributed by atoms with Crippen LogP contribution in [-0.2, 0) is 4.79 Å². The van der Waals surface area contributed by atoms with Gasteiger partial charge in [-0.25, -0.2) is 0 Å². The Morgan fingerprint density at radius 2 is 1.69 bits per heavy atom. The number of amidine groups is 1. The first-order valence-corrected chi connectivity index (χ1v) is 12.3. The Balaban J connectivity index is 1.37. The zero-order valence-electron chi connectivity index (χ0n) is 18.8. The van der Waals surface area contributed by atoms with Crippen molar-refractivity contribution in [2.45, 2.75) is 20.8 Å². The molecule has 2 aromatic carbocycles. The summed E-state index contributed by atoms with van der Waals surface area (Å²) >= 11 is 7.78. The standard InChI is InChI=1S/C25H29ClN4OS/c1-4-28(5-2)20-10-7-19(8-11-20)16-23-24(31)27-25(32-23)30-14-12-29(13-15-30)21-9-6-18(3)22(26)17-21/h6-11,16-17H,4-5,12-15H2,1-3H3. The number of nitrogens with zero attached hydrogens (tertiary/aromatic N) is 4. The van der Waals surface area contributed by atoms with E-state index in [1.807, 2.05) is 19.1 Å². The minimum absolute atomic E-state index is 0.148. The average Bonchev–Trinajstić information content (AvgIpc) is 3.18. The predicted octanol–water partition coefficient (Wildman–Crippen LogP) is 5.29. The number of benzene rings is 2. The number of hydrogen-bond donors (Lipinski definition) is 0. The van der Waals surface area contributed by atoms with Crippen LogP contribution in [0.3, 0.4) is 0 Å². The molecule has 2 aliphatic heterocycles. The van der Waals surface area contributed by atoms with Crippen LogP contribution in [0.5, 0.6) is 0 Å². The molecule has 0 unspecified atom stereocenters. The molecule has 32 heavy (non-hydrogen) atoms. The van der Waals surface area contributed by atoms with Crippen molar-refractivity contribution in [1.29, 1.82) is 0 Å². The molecule has 0 saturated carbocycles. The molecule has 0 aliphatic carbocycles. The maximum absolute atomic E-state index is 12.5. The molecule has 0 bridgehead atoms. The lowest BCUT2D eigenvalue weighted by Gasteiger charge is -2.36. The summed E-state index contributed by atoms with van der Waals surface area (Å²) in [6, 6.07) is 14.6. The van der Waals surface area contributed by atoms with Gasteiger partial charge in [0, 0.05) is 55.7 Å². The van der Waals surface area contributed by atoms with Gasteiger partial charge < -0.3 is 14.7 Å². The molecule has 1 amide bonds. The summed E-state index contributed by atoms with van der Waals surface area (Å²) < 4.78 is 0. The number of piperazine rings is 1. The molecule has 2 aliphatic rings. The molecule has 168 valence electrons. The molecule has 0 atom stereocenters. The number of halogens is 1. The largest absolute Gasteiger partial charge is 0.372 e. The van der Waals surface area contributed by atoms with Crippen LogP contribution in [0, 0.1) is 6.92 Å². The van der Waals surface area contributed by atoms with Crippen LogP contribution < -0.4 is 9.80 Å². The monoisotopic (exact) mass is 468 g/mol. The van der Waals surface area contributed by atoms with Crippen molar-refractivity contribution in [3.05, 3.63) is 63.5 Å². The van der Waals surface area contributed by atoms with Crippen molar-refractivity contribution in [3.8, 4) is 0 Å². The second kappa shape index (κ2) is 10.0. The molecule has 0 radical (unpaired) electrons. The van der Waals surface area contributed by atoms with Crippen LogP contribution in [0.15, 0.2) is 52.4 Å². The molecule has 0 aromatic heterocycles. The fourth-order valence-corrected chi connectivity index (χ4v) is 5.13. The van der Waals surface area contributed by atoms with Gasteiger partial charge in [-0.05, 0) is 74.0 Å². The topological polar surface area (TPSA) is 39.1 Å². The van der Waals surface area contributed by atoms with Gasteiger partial charge in [-0.3, -0.25) is 4.79 Å². The third kappa shape index (κ3) is 4.97. The van der Waals surface area contributed by atoms with Gasteiger partial charge in [-0.15, -0.1) is 0 Å². The average molecular weight is 469 g/mol. The summed E-state index contributed by atoms with van der Waals surface area (Å²) in [7, 11) is 0. The first-order chi connectivity index (χ1) is 15.5. The maximum atomic E-state index is 12.5. The van der Waals surface area contributed by atoms with Gasteiger partial charge in [0.2, 0.25) is 0 Å². The van der Waals surface area contributed by atoms with Gasteiger partial charge in [0.1, 0.15) is 0 Å². The molecular weight excluding hydrogens is 440 g/mol. The van der Waals surface area contributed by atoms with Gasteiger partial charge in [-0.1, -0.05) is 29.8 Å². The van der Waals surface area contributed by atoms with Crippen LogP contribution in [0.2, 0.25) is 5.02 Å². The lowest BCUT2D eigenvalue weighted by molar-refractivity contribution is -0.113. The van der Waals surface area contributed by atoms with Gasteiger partial charge in [0.15, 0.2) is 5.17 Å². The minimum atomic E-state index is -0.148. The fourth-order valence-electron chi connectivity index (χ4n) is 3.99. The van der Waals surface area contributed by atoms with Gasteiger partial charge in [-0.2, -0.15) is 4.99 Å². The Morgan fingerprint density at radius 3 is 2.31 bits per heavy atom. The van der Waals surface area contributed by atoms with E-state index in [9.17, 15) is 4.79 Å². The lowest BCUT2D eigenvalue weighted by atomic mass is 10.2. The van der Waals surface area contributed by atoms with E-state index < -0.39 is 0 Å². The quantitative estimate of drug-likeness (QED) is 0.558. The maximum Gasteiger partial charge on any atom is 0.286 e. The van der Waals surface area contributed by atoms with Crippen LogP contribution in [0.1, 0.15) is 25.0 Å². The molecule has 5 nitrogen and oxygen atoms in total. The fraction of sp³-hybridized carbons (Fsp3) is 0.360. The summed E-state index contributed by atoms with van der Waals surface area (Å²) in [5, 5.41) is 1.61. The first-order valence-electron chi connectivity index (χ1n) is 11.1. The second-order valence-corrected chi connectivity index (χ2v) is 9.40. The molecule has 2 heterocycles. The summed E-state index contributed by atoms with van der Waals surface area (Å²) in [5.41, 5.74) is 4.46. The van der Waals surface area contributed by atoms with E-state index in [0.29, 0.717) is 4.91 Å². The molecular formula is C25H29ClN4OS. The van der Waals surface area contributed by atoms with Gasteiger partial charge >= 0.3 is 0 Å². The van der Waals surface area contributed by atoms with Crippen molar-refractivity contribution in [2.75, 3.05) is 49.1 Å². The number of rotatable bonds is 5.